The molecule has 184 valence electrons. The second-order valence-electron chi connectivity index (χ2n) is 9.42. The second-order valence-corrected chi connectivity index (χ2v) is 9.42. The van der Waals surface area contributed by atoms with Gasteiger partial charge in [-0.1, -0.05) is 70.2 Å². The molecule has 2 rings (SSSR count). The highest BCUT2D eigenvalue weighted by Crippen LogP contribution is 2.41. The maximum absolute atomic E-state index is 10.6. The van der Waals surface area contributed by atoms with Crippen molar-refractivity contribution in [1.29, 1.82) is 0 Å². The van der Waals surface area contributed by atoms with Crippen LogP contribution in [0.1, 0.15) is 94.0 Å². The predicted molar refractivity (Wildman–Crippen MR) is 144 cm³/mol. The largest absolute Gasteiger partial charge is 0.493 e. The van der Waals surface area contributed by atoms with Gasteiger partial charge >= 0.3 is 0 Å². The maximum Gasteiger partial charge on any atom is 0.214 e. The van der Waals surface area contributed by atoms with Gasteiger partial charge in [-0.05, 0) is 79.8 Å². The molecule has 2 aromatic rings. The van der Waals surface area contributed by atoms with Crippen LogP contribution in [0.3, 0.4) is 0 Å². The van der Waals surface area contributed by atoms with Gasteiger partial charge < -0.3 is 14.7 Å². The minimum absolute atomic E-state index is 0.0561. The van der Waals surface area contributed by atoms with Gasteiger partial charge in [-0.25, -0.2) is 6.57 Å². The molecule has 0 saturated carbocycles. The molecular formula is C31H43NO2. The van der Waals surface area contributed by atoms with E-state index >= 15 is 0 Å². The fraction of sp³-hybridized carbons (Fsp3) is 0.516. The first-order valence-electron chi connectivity index (χ1n) is 12.9. The third-order valence-corrected chi connectivity index (χ3v) is 7.48. The van der Waals surface area contributed by atoms with Crippen molar-refractivity contribution in [3.63, 3.8) is 0 Å². The van der Waals surface area contributed by atoms with Gasteiger partial charge in [0.2, 0.25) is 6.54 Å². The highest BCUT2D eigenvalue weighted by atomic mass is 16.5. The van der Waals surface area contributed by atoms with Gasteiger partial charge in [0.1, 0.15) is 5.75 Å². The molecule has 0 saturated heterocycles. The summed E-state index contributed by atoms with van der Waals surface area (Å²) in [7, 11) is 0. The van der Waals surface area contributed by atoms with E-state index in [1.165, 1.54) is 16.7 Å². The fourth-order valence-electron chi connectivity index (χ4n) is 4.71. The van der Waals surface area contributed by atoms with E-state index in [1.807, 2.05) is 19.9 Å². The Morgan fingerprint density at radius 2 is 1.50 bits per heavy atom. The van der Waals surface area contributed by atoms with E-state index in [0.29, 0.717) is 26.0 Å². The first-order valence-corrected chi connectivity index (χ1v) is 12.9. The summed E-state index contributed by atoms with van der Waals surface area (Å²) in [5.74, 6) is 0.934. The standard InChI is InChI=1S/C31H43NO2/c1-8-30(33,9-2)19-18-26-14-15-27(22-24(26)5)31(10-3,11-4)28-16-17-29(25(6)23-28)34-21-13-12-20-32-7/h14-19,22-23,33H,8-13,20-21H2,1-6H3/b19-18+. The number of unbranched alkanes of at least 4 members (excludes halogenated alkanes) is 1. The van der Waals surface area contributed by atoms with Crippen LogP contribution in [-0.4, -0.2) is 23.9 Å². The lowest BCUT2D eigenvalue weighted by molar-refractivity contribution is 0.0836. The summed E-state index contributed by atoms with van der Waals surface area (Å²) in [5.41, 5.74) is 5.40. The Bertz CT molecular complexity index is 991. The average Bonchev–Trinajstić information content (AvgIpc) is 2.85. The van der Waals surface area contributed by atoms with E-state index in [-0.39, 0.29) is 5.41 Å². The monoisotopic (exact) mass is 461 g/mol. The van der Waals surface area contributed by atoms with Crippen LogP contribution >= 0.6 is 0 Å². The molecule has 0 aliphatic carbocycles. The zero-order valence-corrected chi connectivity index (χ0v) is 22.1. The molecule has 0 aliphatic rings. The summed E-state index contributed by atoms with van der Waals surface area (Å²) in [5, 5.41) is 10.6. The number of benzene rings is 2. The van der Waals surface area contributed by atoms with Gasteiger partial charge in [0.05, 0.1) is 12.2 Å². The number of aryl methyl sites for hydroxylation is 2. The van der Waals surface area contributed by atoms with E-state index in [9.17, 15) is 5.11 Å². The van der Waals surface area contributed by atoms with Crippen molar-refractivity contribution in [3.8, 4) is 5.75 Å². The summed E-state index contributed by atoms with van der Waals surface area (Å²) < 4.78 is 6.00. The molecule has 0 radical (unpaired) electrons. The highest BCUT2D eigenvalue weighted by Gasteiger charge is 2.31. The lowest BCUT2D eigenvalue weighted by Gasteiger charge is -2.34. The average molecular weight is 462 g/mol. The number of rotatable bonds is 13. The van der Waals surface area contributed by atoms with E-state index < -0.39 is 5.60 Å². The third-order valence-electron chi connectivity index (χ3n) is 7.48. The van der Waals surface area contributed by atoms with Crippen LogP contribution in [-0.2, 0) is 5.41 Å². The van der Waals surface area contributed by atoms with Gasteiger partial charge in [0.25, 0.3) is 0 Å². The molecule has 0 bridgehead atoms. The van der Waals surface area contributed by atoms with E-state index in [4.69, 9.17) is 11.3 Å². The minimum atomic E-state index is -0.736. The SMILES string of the molecule is [C-]#[N+]CCCCOc1ccc(C(CC)(CC)c2ccc(/C=C/C(O)(CC)CC)c(C)c2)cc1C. The number of ether oxygens (including phenoxy) is 1. The van der Waals surface area contributed by atoms with Crippen LogP contribution in [0.5, 0.6) is 5.75 Å². The molecule has 1 N–H and O–H groups in total. The Balaban J connectivity index is 2.32. The number of aliphatic hydroxyl groups is 1. The molecule has 0 spiro atoms. The molecule has 0 unspecified atom stereocenters. The molecule has 0 atom stereocenters. The first kappa shape index (κ1) is 27.7. The summed E-state index contributed by atoms with van der Waals surface area (Å²) in [6.07, 6.45) is 9.27. The zero-order valence-electron chi connectivity index (χ0n) is 22.1. The van der Waals surface area contributed by atoms with Gasteiger partial charge in [0.15, 0.2) is 0 Å². The van der Waals surface area contributed by atoms with Crippen LogP contribution in [0.2, 0.25) is 0 Å². The summed E-state index contributed by atoms with van der Waals surface area (Å²) in [6, 6.07) is 13.4. The second kappa shape index (κ2) is 12.8. The number of hydrogen-bond donors (Lipinski definition) is 1. The van der Waals surface area contributed by atoms with Gasteiger partial charge in [-0.15, -0.1) is 0 Å². The Kier molecular flexibility index (Phi) is 10.4. The topological polar surface area (TPSA) is 33.8 Å². The fourth-order valence-corrected chi connectivity index (χ4v) is 4.71. The molecule has 0 aliphatic heterocycles. The van der Waals surface area contributed by atoms with Crippen molar-refractivity contribution < 1.29 is 9.84 Å². The predicted octanol–water partition coefficient (Wildman–Crippen LogP) is 8.05. The molecule has 3 heteroatoms. The van der Waals surface area contributed by atoms with Crippen molar-refractivity contribution in [2.45, 2.75) is 91.1 Å². The summed E-state index contributed by atoms with van der Waals surface area (Å²) >= 11 is 0. The molecule has 0 aromatic heterocycles. The summed E-state index contributed by atoms with van der Waals surface area (Å²) in [4.78, 5) is 3.40. The quantitative estimate of drug-likeness (QED) is 0.242. The lowest BCUT2D eigenvalue weighted by atomic mass is 9.70. The number of nitrogens with zero attached hydrogens (tertiary/aromatic N) is 1. The first-order chi connectivity index (χ1) is 16.3. The van der Waals surface area contributed by atoms with Crippen molar-refractivity contribution in [1.82, 2.24) is 0 Å². The lowest BCUT2D eigenvalue weighted by Crippen LogP contribution is -2.26. The van der Waals surface area contributed by atoms with E-state index in [2.05, 4.69) is 75.0 Å². The Morgan fingerprint density at radius 1 is 0.882 bits per heavy atom. The van der Waals surface area contributed by atoms with Gasteiger partial charge in [-0.2, -0.15) is 0 Å². The van der Waals surface area contributed by atoms with Crippen molar-refractivity contribution >= 4 is 6.08 Å². The van der Waals surface area contributed by atoms with Crippen LogP contribution in [0.25, 0.3) is 10.9 Å². The van der Waals surface area contributed by atoms with Crippen molar-refractivity contribution in [2.75, 3.05) is 13.2 Å². The number of hydrogen-bond acceptors (Lipinski definition) is 2. The Labute approximate surface area is 207 Å². The molecule has 0 amide bonds. The minimum Gasteiger partial charge on any atom is -0.493 e. The summed E-state index contributed by atoms with van der Waals surface area (Å²) in [6.45, 7) is 21.0. The van der Waals surface area contributed by atoms with Gasteiger partial charge in [-0.3, -0.25) is 0 Å². The third kappa shape index (κ3) is 6.51. The maximum atomic E-state index is 10.6. The van der Waals surface area contributed by atoms with Crippen LogP contribution in [0, 0.1) is 20.4 Å². The molecule has 0 fully saturated rings. The molecule has 34 heavy (non-hydrogen) atoms. The normalized spacial score (nSPS) is 12.2. The molecular weight excluding hydrogens is 418 g/mol. The van der Waals surface area contributed by atoms with E-state index in [1.54, 1.807) is 0 Å². The van der Waals surface area contributed by atoms with Gasteiger partial charge in [0, 0.05) is 11.8 Å². The van der Waals surface area contributed by atoms with Crippen molar-refractivity contribution in [3.05, 3.63) is 81.7 Å². The van der Waals surface area contributed by atoms with E-state index in [0.717, 1.165) is 42.6 Å². The zero-order chi connectivity index (χ0) is 25.2. The molecule has 3 nitrogen and oxygen atoms in total. The van der Waals surface area contributed by atoms with Crippen LogP contribution in [0.4, 0.5) is 0 Å². The molecule has 0 heterocycles. The van der Waals surface area contributed by atoms with Crippen LogP contribution < -0.4 is 4.74 Å². The van der Waals surface area contributed by atoms with Crippen molar-refractivity contribution in [2.24, 2.45) is 0 Å². The Morgan fingerprint density at radius 3 is 2.03 bits per heavy atom. The smallest absolute Gasteiger partial charge is 0.214 e. The van der Waals surface area contributed by atoms with Crippen LogP contribution in [0.15, 0.2) is 42.5 Å². The molecule has 2 aromatic carbocycles. The highest BCUT2D eigenvalue weighted by molar-refractivity contribution is 5.57. The Hall–Kier alpha value is -2.57.